The summed E-state index contributed by atoms with van der Waals surface area (Å²) < 4.78 is 0. The lowest BCUT2D eigenvalue weighted by Crippen LogP contribution is -2.40. The van der Waals surface area contributed by atoms with E-state index >= 15 is 0 Å². The Morgan fingerprint density at radius 2 is 0.560 bits per heavy atom. The quantitative estimate of drug-likeness (QED) is 0.490. The van der Waals surface area contributed by atoms with Crippen LogP contribution in [0.2, 0.25) is 0 Å². The van der Waals surface area contributed by atoms with Crippen molar-refractivity contribution in [1.82, 2.24) is 4.90 Å². The minimum Gasteiger partial charge on any atom is -0.300 e. The Morgan fingerprint density at radius 1 is 0.360 bits per heavy atom. The predicted molar refractivity (Wildman–Crippen MR) is 112 cm³/mol. The SMILES string of the molecule is CN(C1CCCCCCCCCCCC1)C1CCCCCCCCC1. The molecule has 2 saturated carbocycles. The molecule has 1 nitrogen and oxygen atoms in total. The first-order chi connectivity index (χ1) is 12.4. The molecule has 2 aliphatic carbocycles. The fourth-order valence-electron chi connectivity index (χ4n) is 5.22. The first kappa shape index (κ1) is 21.3. The van der Waals surface area contributed by atoms with Crippen molar-refractivity contribution >= 4 is 0 Å². The molecule has 148 valence electrons. The molecule has 0 N–H and O–H groups in total. The average molecular weight is 350 g/mol. The average Bonchev–Trinajstić information content (AvgIpc) is 2.66. The Hall–Kier alpha value is -0.0400. The maximum Gasteiger partial charge on any atom is 0.00951 e. The van der Waals surface area contributed by atoms with E-state index in [4.69, 9.17) is 0 Å². The Morgan fingerprint density at radius 3 is 0.800 bits per heavy atom. The molecule has 0 spiro atoms. The van der Waals surface area contributed by atoms with Crippen LogP contribution in [-0.2, 0) is 0 Å². The van der Waals surface area contributed by atoms with Gasteiger partial charge in [-0.25, -0.2) is 0 Å². The first-order valence-corrected chi connectivity index (χ1v) is 12.1. The van der Waals surface area contributed by atoms with Gasteiger partial charge in [-0.3, -0.25) is 0 Å². The van der Waals surface area contributed by atoms with Crippen molar-refractivity contribution in [3.8, 4) is 0 Å². The van der Waals surface area contributed by atoms with Gasteiger partial charge >= 0.3 is 0 Å². The standard InChI is InChI=1S/C24H47N/c1-25(24-21-17-13-9-6-10-14-18-22-24)23-19-15-11-7-4-2-3-5-8-12-16-20-23/h23-24H,2-22H2,1H3. The van der Waals surface area contributed by atoms with Crippen molar-refractivity contribution in [2.24, 2.45) is 0 Å². The van der Waals surface area contributed by atoms with Gasteiger partial charge in [0.1, 0.15) is 0 Å². The molecular weight excluding hydrogens is 302 g/mol. The highest BCUT2D eigenvalue weighted by Crippen LogP contribution is 2.26. The van der Waals surface area contributed by atoms with E-state index in [0.29, 0.717) is 0 Å². The third kappa shape index (κ3) is 9.45. The summed E-state index contributed by atoms with van der Waals surface area (Å²) in [4.78, 5) is 2.86. The summed E-state index contributed by atoms with van der Waals surface area (Å²) in [6.07, 6.45) is 31.1. The minimum absolute atomic E-state index is 0.869. The van der Waals surface area contributed by atoms with E-state index < -0.39 is 0 Å². The summed E-state index contributed by atoms with van der Waals surface area (Å²) in [5.41, 5.74) is 0. The molecule has 0 bridgehead atoms. The van der Waals surface area contributed by atoms with E-state index in [0.717, 1.165) is 12.1 Å². The Labute approximate surface area is 159 Å². The zero-order chi connectivity index (χ0) is 17.6. The Balaban J connectivity index is 1.84. The molecule has 0 aromatic heterocycles. The van der Waals surface area contributed by atoms with Crippen molar-refractivity contribution in [1.29, 1.82) is 0 Å². The third-order valence-corrected chi connectivity index (χ3v) is 7.05. The van der Waals surface area contributed by atoms with Crippen molar-refractivity contribution in [3.05, 3.63) is 0 Å². The number of hydrogen-bond donors (Lipinski definition) is 0. The molecule has 0 radical (unpaired) electrons. The monoisotopic (exact) mass is 349 g/mol. The van der Waals surface area contributed by atoms with Crippen LogP contribution >= 0.6 is 0 Å². The molecule has 2 aliphatic rings. The number of hydrogen-bond acceptors (Lipinski definition) is 1. The molecular formula is C24H47N. The molecule has 0 unspecified atom stereocenters. The van der Waals surface area contributed by atoms with E-state index in [-0.39, 0.29) is 0 Å². The van der Waals surface area contributed by atoms with Gasteiger partial charge in [-0.15, -0.1) is 0 Å². The van der Waals surface area contributed by atoms with Crippen molar-refractivity contribution in [2.75, 3.05) is 7.05 Å². The van der Waals surface area contributed by atoms with Gasteiger partial charge in [-0.2, -0.15) is 0 Å². The van der Waals surface area contributed by atoms with Gasteiger partial charge in [0.2, 0.25) is 0 Å². The molecule has 0 atom stereocenters. The Kier molecular flexibility index (Phi) is 12.0. The highest BCUT2D eigenvalue weighted by atomic mass is 15.2. The van der Waals surface area contributed by atoms with Crippen LogP contribution in [-0.4, -0.2) is 24.0 Å². The molecule has 25 heavy (non-hydrogen) atoms. The van der Waals surface area contributed by atoms with Gasteiger partial charge in [0.25, 0.3) is 0 Å². The summed E-state index contributed by atoms with van der Waals surface area (Å²) in [5.74, 6) is 0. The van der Waals surface area contributed by atoms with E-state index in [1.807, 2.05) is 0 Å². The van der Waals surface area contributed by atoms with Crippen LogP contribution in [0.15, 0.2) is 0 Å². The summed E-state index contributed by atoms with van der Waals surface area (Å²) in [7, 11) is 2.49. The van der Waals surface area contributed by atoms with Gasteiger partial charge in [0.15, 0.2) is 0 Å². The maximum atomic E-state index is 2.86. The van der Waals surface area contributed by atoms with E-state index in [1.54, 1.807) is 0 Å². The van der Waals surface area contributed by atoms with Crippen LogP contribution in [0.25, 0.3) is 0 Å². The molecule has 0 heterocycles. The highest BCUT2D eigenvalue weighted by Gasteiger charge is 2.22. The summed E-state index contributed by atoms with van der Waals surface area (Å²) >= 11 is 0. The first-order valence-electron chi connectivity index (χ1n) is 12.1. The third-order valence-electron chi connectivity index (χ3n) is 7.05. The van der Waals surface area contributed by atoms with Gasteiger partial charge in [-0.05, 0) is 32.7 Å². The summed E-state index contributed by atoms with van der Waals surface area (Å²) in [5, 5.41) is 0. The zero-order valence-corrected chi connectivity index (χ0v) is 17.5. The molecule has 0 aromatic carbocycles. The summed E-state index contributed by atoms with van der Waals surface area (Å²) in [6, 6.07) is 1.74. The molecule has 2 fully saturated rings. The van der Waals surface area contributed by atoms with Crippen molar-refractivity contribution < 1.29 is 0 Å². The maximum absolute atomic E-state index is 2.86. The van der Waals surface area contributed by atoms with Crippen LogP contribution in [0.5, 0.6) is 0 Å². The summed E-state index contributed by atoms with van der Waals surface area (Å²) in [6.45, 7) is 0. The van der Waals surface area contributed by atoms with Crippen LogP contribution in [0, 0.1) is 0 Å². The van der Waals surface area contributed by atoms with E-state index in [1.165, 1.54) is 135 Å². The second-order valence-corrected chi connectivity index (χ2v) is 9.14. The predicted octanol–water partition coefficient (Wildman–Crippen LogP) is 7.87. The van der Waals surface area contributed by atoms with Gasteiger partial charge in [-0.1, -0.05) is 109 Å². The topological polar surface area (TPSA) is 3.24 Å². The largest absolute Gasteiger partial charge is 0.300 e. The van der Waals surface area contributed by atoms with Gasteiger partial charge in [0, 0.05) is 12.1 Å². The van der Waals surface area contributed by atoms with Crippen LogP contribution < -0.4 is 0 Å². The van der Waals surface area contributed by atoms with Gasteiger partial charge in [0.05, 0.1) is 0 Å². The highest BCUT2D eigenvalue weighted by molar-refractivity contribution is 4.78. The minimum atomic E-state index is 0.869. The lowest BCUT2D eigenvalue weighted by molar-refractivity contribution is 0.130. The number of nitrogens with zero attached hydrogens (tertiary/aromatic N) is 1. The fourth-order valence-corrected chi connectivity index (χ4v) is 5.22. The molecule has 0 saturated heterocycles. The molecule has 0 amide bonds. The van der Waals surface area contributed by atoms with Crippen LogP contribution in [0.4, 0.5) is 0 Å². The van der Waals surface area contributed by atoms with E-state index in [2.05, 4.69) is 11.9 Å². The molecule has 1 heteroatoms. The van der Waals surface area contributed by atoms with Crippen molar-refractivity contribution in [2.45, 2.75) is 147 Å². The zero-order valence-electron chi connectivity index (χ0n) is 17.5. The van der Waals surface area contributed by atoms with Crippen LogP contribution in [0.1, 0.15) is 135 Å². The second-order valence-electron chi connectivity index (χ2n) is 9.14. The normalized spacial score (nSPS) is 25.7. The van der Waals surface area contributed by atoms with Crippen LogP contribution in [0.3, 0.4) is 0 Å². The molecule has 0 aromatic rings. The molecule has 2 rings (SSSR count). The Bertz CT molecular complexity index is 276. The number of rotatable bonds is 2. The van der Waals surface area contributed by atoms with Gasteiger partial charge < -0.3 is 4.90 Å². The lowest BCUT2D eigenvalue weighted by Gasteiger charge is -2.36. The molecule has 0 aliphatic heterocycles. The second kappa shape index (κ2) is 14.1. The fraction of sp³-hybridized carbons (Fsp3) is 1.00. The lowest BCUT2D eigenvalue weighted by atomic mass is 9.93. The smallest absolute Gasteiger partial charge is 0.00951 e. The van der Waals surface area contributed by atoms with Crippen molar-refractivity contribution in [3.63, 3.8) is 0 Å². The van der Waals surface area contributed by atoms with E-state index in [9.17, 15) is 0 Å².